The van der Waals surface area contributed by atoms with Gasteiger partial charge in [0.1, 0.15) is 17.2 Å². The average Bonchev–Trinajstić information content (AvgIpc) is 2.91. The first-order chi connectivity index (χ1) is 18.4. The number of aromatic nitrogens is 1. The molecule has 0 aliphatic rings. The first-order valence-electron chi connectivity index (χ1n) is 12.4. The van der Waals surface area contributed by atoms with E-state index in [1.54, 1.807) is 43.5 Å². The Kier molecular flexibility index (Phi) is 11.0. The third-order valence-corrected chi connectivity index (χ3v) is 5.60. The van der Waals surface area contributed by atoms with Crippen molar-refractivity contribution in [2.75, 3.05) is 13.7 Å². The second kappa shape index (κ2) is 14.9. The van der Waals surface area contributed by atoms with E-state index in [4.69, 9.17) is 19.7 Å². The molecule has 0 bridgehead atoms. The first kappa shape index (κ1) is 28.0. The van der Waals surface area contributed by atoms with Crippen LogP contribution in [-0.2, 0) is 22.4 Å². The number of pyridine rings is 1. The number of carboxylic acid groups (broad SMARTS) is 2. The minimum Gasteiger partial charge on any atom is -0.497 e. The summed E-state index contributed by atoms with van der Waals surface area (Å²) >= 11 is 0. The normalized spacial score (nSPS) is 10.6. The number of allylic oxidation sites excluding steroid dienone is 1. The van der Waals surface area contributed by atoms with Crippen LogP contribution in [0.15, 0.2) is 66.7 Å². The highest BCUT2D eigenvalue weighted by atomic mass is 16.5. The van der Waals surface area contributed by atoms with Crippen molar-refractivity contribution >= 4 is 18.0 Å². The fraction of sp³-hybridized carbons (Fsp3) is 0.258. The van der Waals surface area contributed by atoms with Gasteiger partial charge in [0.05, 0.1) is 32.3 Å². The van der Waals surface area contributed by atoms with Crippen molar-refractivity contribution in [1.29, 1.82) is 0 Å². The molecular formula is C31H31NO6. The van der Waals surface area contributed by atoms with Gasteiger partial charge in [0.15, 0.2) is 0 Å². The smallest absolute Gasteiger partial charge is 0.307 e. The highest BCUT2D eigenvalue weighted by Gasteiger charge is 2.09. The van der Waals surface area contributed by atoms with Crippen molar-refractivity contribution in [2.45, 2.75) is 38.5 Å². The molecule has 3 aromatic rings. The van der Waals surface area contributed by atoms with E-state index >= 15 is 0 Å². The summed E-state index contributed by atoms with van der Waals surface area (Å²) in [6, 6.07) is 18.4. The molecule has 0 radical (unpaired) electrons. The summed E-state index contributed by atoms with van der Waals surface area (Å²) in [5, 5.41) is 18.0. The monoisotopic (exact) mass is 513 g/mol. The number of nitrogens with zero attached hydrogens (tertiary/aromatic N) is 1. The predicted octanol–water partition coefficient (Wildman–Crippen LogP) is 5.40. The standard InChI is InChI=1S/C31H31NO6/c1-37-27-16-12-23(13-17-27)6-4-2-3-5-21-38-29-19-15-26(32-28(29)18-20-30(33)34)14-11-24-7-9-25(10-8-24)22-31(35)36/h4,6-10,12-13,15-17,19H,2-3,5,18,20-22H2,1H3,(H,33,34)(H,35,36)/b6-4+. The van der Waals surface area contributed by atoms with Gasteiger partial charge in [-0.05, 0) is 72.7 Å². The second-order valence-electron chi connectivity index (χ2n) is 8.57. The van der Waals surface area contributed by atoms with Crippen LogP contribution in [0, 0.1) is 11.8 Å². The lowest BCUT2D eigenvalue weighted by atomic mass is 10.1. The van der Waals surface area contributed by atoms with E-state index in [9.17, 15) is 9.59 Å². The largest absolute Gasteiger partial charge is 0.497 e. The van der Waals surface area contributed by atoms with Crippen LogP contribution in [0.5, 0.6) is 11.5 Å². The van der Waals surface area contributed by atoms with E-state index in [1.165, 1.54) is 0 Å². The maximum atomic E-state index is 11.1. The molecule has 0 saturated carbocycles. The minimum absolute atomic E-state index is 0.0376. The highest BCUT2D eigenvalue weighted by Crippen LogP contribution is 2.20. The zero-order valence-electron chi connectivity index (χ0n) is 21.4. The van der Waals surface area contributed by atoms with Gasteiger partial charge in [-0.2, -0.15) is 0 Å². The van der Waals surface area contributed by atoms with Gasteiger partial charge in [-0.3, -0.25) is 9.59 Å². The third kappa shape index (κ3) is 9.82. The maximum absolute atomic E-state index is 11.1. The quantitative estimate of drug-likeness (QED) is 0.233. The molecule has 0 aliphatic heterocycles. The number of unbranched alkanes of at least 4 members (excludes halogenated alkanes) is 2. The molecule has 0 fully saturated rings. The van der Waals surface area contributed by atoms with Gasteiger partial charge in [0.2, 0.25) is 0 Å². The molecule has 196 valence electrons. The number of carbonyl (C=O) groups is 2. The zero-order chi connectivity index (χ0) is 27.2. The van der Waals surface area contributed by atoms with Gasteiger partial charge in [0, 0.05) is 12.0 Å². The molecule has 2 aromatic carbocycles. The number of ether oxygens (including phenoxy) is 2. The summed E-state index contributed by atoms with van der Waals surface area (Å²) in [6.45, 7) is 0.506. The predicted molar refractivity (Wildman–Crippen MR) is 145 cm³/mol. The van der Waals surface area contributed by atoms with Gasteiger partial charge in [-0.25, -0.2) is 4.98 Å². The number of carboxylic acids is 2. The first-order valence-corrected chi connectivity index (χ1v) is 12.4. The van der Waals surface area contributed by atoms with E-state index in [2.05, 4.69) is 29.0 Å². The lowest BCUT2D eigenvalue weighted by molar-refractivity contribution is -0.137. The van der Waals surface area contributed by atoms with Crippen LogP contribution < -0.4 is 9.47 Å². The fourth-order valence-electron chi connectivity index (χ4n) is 3.59. The Morgan fingerprint density at radius 2 is 1.68 bits per heavy atom. The van der Waals surface area contributed by atoms with Crippen molar-refractivity contribution in [3.63, 3.8) is 0 Å². The molecule has 38 heavy (non-hydrogen) atoms. The molecular weight excluding hydrogens is 482 g/mol. The number of aliphatic carboxylic acids is 2. The van der Waals surface area contributed by atoms with Crippen LogP contribution in [-0.4, -0.2) is 40.9 Å². The average molecular weight is 514 g/mol. The molecule has 0 saturated heterocycles. The van der Waals surface area contributed by atoms with Crippen LogP contribution >= 0.6 is 0 Å². The molecule has 0 aliphatic carbocycles. The molecule has 3 rings (SSSR count). The lowest BCUT2D eigenvalue weighted by Crippen LogP contribution is -2.05. The number of aryl methyl sites for hydroxylation is 1. The molecule has 1 aromatic heterocycles. The van der Waals surface area contributed by atoms with Crippen LogP contribution in [0.4, 0.5) is 0 Å². The Balaban J connectivity index is 1.54. The molecule has 1 heterocycles. The molecule has 7 nitrogen and oxygen atoms in total. The Labute approximate surface area is 222 Å². The van der Waals surface area contributed by atoms with Gasteiger partial charge in [-0.1, -0.05) is 42.3 Å². The fourth-order valence-corrected chi connectivity index (χ4v) is 3.59. The Hall–Kier alpha value is -4.57. The Bertz CT molecular complexity index is 1300. The number of hydrogen-bond donors (Lipinski definition) is 2. The highest BCUT2D eigenvalue weighted by molar-refractivity contribution is 5.70. The van der Waals surface area contributed by atoms with Crippen molar-refractivity contribution in [3.8, 4) is 23.3 Å². The van der Waals surface area contributed by atoms with Crippen LogP contribution in [0.3, 0.4) is 0 Å². The van der Waals surface area contributed by atoms with Crippen LogP contribution in [0.1, 0.15) is 53.8 Å². The summed E-state index contributed by atoms with van der Waals surface area (Å²) in [4.78, 5) is 26.5. The van der Waals surface area contributed by atoms with Crippen LogP contribution in [0.2, 0.25) is 0 Å². The maximum Gasteiger partial charge on any atom is 0.307 e. The van der Waals surface area contributed by atoms with Gasteiger partial charge < -0.3 is 19.7 Å². The molecule has 7 heteroatoms. The van der Waals surface area contributed by atoms with E-state index in [0.29, 0.717) is 29.3 Å². The second-order valence-corrected chi connectivity index (χ2v) is 8.57. The van der Waals surface area contributed by atoms with Crippen molar-refractivity contribution in [3.05, 3.63) is 94.8 Å². The van der Waals surface area contributed by atoms with E-state index in [1.807, 2.05) is 24.3 Å². The molecule has 2 N–H and O–H groups in total. The third-order valence-electron chi connectivity index (χ3n) is 5.60. The summed E-state index contributed by atoms with van der Waals surface area (Å²) in [6.07, 6.45) is 7.10. The number of benzene rings is 2. The van der Waals surface area contributed by atoms with Gasteiger partial charge in [-0.15, -0.1) is 0 Å². The molecule has 0 amide bonds. The Morgan fingerprint density at radius 3 is 2.37 bits per heavy atom. The van der Waals surface area contributed by atoms with Gasteiger partial charge >= 0.3 is 11.9 Å². The van der Waals surface area contributed by atoms with E-state index in [-0.39, 0.29) is 19.3 Å². The topological polar surface area (TPSA) is 106 Å². The SMILES string of the molecule is COc1ccc(/C=C/CCCCOc2ccc(C#Cc3ccc(CC(=O)O)cc3)nc2CCC(=O)O)cc1. The number of hydrogen-bond acceptors (Lipinski definition) is 5. The summed E-state index contributed by atoms with van der Waals surface area (Å²) < 4.78 is 11.1. The lowest BCUT2D eigenvalue weighted by Gasteiger charge is -2.10. The molecule has 0 atom stereocenters. The number of rotatable bonds is 13. The Morgan fingerprint density at radius 1 is 0.921 bits per heavy atom. The zero-order valence-corrected chi connectivity index (χ0v) is 21.4. The summed E-state index contributed by atoms with van der Waals surface area (Å²) in [7, 11) is 1.65. The summed E-state index contributed by atoms with van der Waals surface area (Å²) in [5.74, 6) is 5.62. The van der Waals surface area contributed by atoms with Crippen molar-refractivity contribution < 1.29 is 29.3 Å². The van der Waals surface area contributed by atoms with Crippen molar-refractivity contribution in [1.82, 2.24) is 4.98 Å². The molecule has 0 spiro atoms. The van der Waals surface area contributed by atoms with Crippen molar-refractivity contribution in [2.24, 2.45) is 0 Å². The molecule has 0 unspecified atom stereocenters. The van der Waals surface area contributed by atoms with E-state index in [0.717, 1.165) is 36.1 Å². The van der Waals surface area contributed by atoms with Gasteiger partial charge in [0.25, 0.3) is 0 Å². The minimum atomic E-state index is -0.903. The van der Waals surface area contributed by atoms with E-state index < -0.39 is 11.9 Å². The number of methoxy groups -OCH3 is 1. The summed E-state index contributed by atoms with van der Waals surface area (Å²) in [5.41, 5.74) is 3.63. The van der Waals surface area contributed by atoms with Crippen LogP contribution in [0.25, 0.3) is 6.08 Å².